The Morgan fingerprint density at radius 1 is 0.604 bits per heavy atom. The van der Waals surface area contributed by atoms with Crippen molar-refractivity contribution >= 4 is 69.6 Å². The van der Waals surface area contributed by atoms with Crippen molar-refractivity contribution in [2.45, 2.75) is 320 Å². The van der Waals surface area contributed by atoms with Gasteiger partial charge in [-0.1, -0.05) is 129 Å². The van der Waals surface area contributed by atoms with Gasteiger partial charge in [0.25, 0.3) is 0 Å². The van der Waals surface area contributed by atoms with Crippen molar-refractivity contribution in [3.63, 3.8) is 0 Å². The summed E-state index contributed by atoms with van der Waals surface area (Å²) in [7, 11) is 1.70. The lowest BCUT2D eigenvalue weighted by Gasteiger charge is -2.45. The van der Waals surface area contributed by atoms with Crippen molar-refractivity contribution in [2.24, 2.45) is 41.4 Å². The summed E-state index contributed by atoms with van der Waals surface area (Å²) in [5.41, 5.74) is 5.74. The number of H-pyrrole nitrogens is 1. The molecular formula is C104H149F4N13O13. The number of amides is 8. The van der Waals surface area contributed by atoms with E-state index in [4.69, 9.17) is 9.47 Å². The zero-order valence-electron chi connectivity index (χ0n) is 80.7. The number of carbonyl (C=O) groups is 9. The van der Waals surface area contributed by atoms with Crippen LogP contribution in [0.2, 0.25) is 0 Å². The van der Waals surface area contributed by atoms with Crippen LogP contribution in [-0.4, -0.2) is 255 Å². The maximum Gasteiger partial charge on any atom is 0.248 e. The van der Waals surface area contributed by atoms with E-state index in [9.17, 15) is 70.9 Å². The molecule has 8 aliphatic heterocycles. The molecule has 2 saturated carbocycles. The number of piperidine rings is 1. The summed E-state index contributed by atoms with van der Waals surface area (Å²) in [6.07, 6.45) is 12.8. The molecule has 30 heteroatoms. The largest absolute Gasteiger partial charge is 0.493 e. The van der Waals surface area contributed by atoms with Crippen molar-refractivity contribution in [1.82, 2.24) is 61.0 Å². The Morgan fingerprint density at radius 3 is 1.88 bits per heavy atom. The van der Waals surface area contributed by atoms with Crippen LogP contribution in [0.1, 0.15) is 256 Å². The molecule has 4 aromatic carbocycles. The van der Waals surface area contributed by atoms with Crippen LogP contribution < -0.4 is 36.6 Å². The molecule has 2 unspecified atom stereocenters. The topological polar surface area (TPSA) is 320 Å². The van der Waals surface area contributed by atoms with E-state index in [2.05, 4.69) is 81.9 Å². The highest BCUT2D eigenvalue weighted by atomic mass is 19.3. The number of aliphatic hydroxyl groups is 2. The number of Topliss-reactive ketones (excluding diaryl/α,β-unsaturated/α-hetero) is 1. The molecule has 134 heavy (non-hydrogen) atoms. The smallest absolute Gasteiger partial charge is 0.248 e. The van der Waals surface area contributed by atoms with Gasteiger partial charge in [0, 0.05) is 166 Å². The highest BCUT2D eigenvalue weighted by Gasteiger charge is 2.52. The molecule has 8 fully saturated rings. The van der Waals surface area contributed by atoms with Crippen LogP contribution in [0, 0.1) is 53.1 Å². The zero-order valence-corrected chi connectivity index (χ0v) is 80.7. The van der Waals surface area contributed by atoms with Crippen molar-refractivity contribution in [1.29, 1.82) is 0 Å². The number of hydrogen-bond acceptors (Lipinski definition) is 17. The van der Waals surface area contributed by atoms with Crippen LogP contribution >= 0.6 is 0 Å². The number of alkyl halides is 2. The molecule has 15 rings (SSSR count). The van der Waals surface area contributed by atoms with Crippen LogP contribution in [0.4, 0.5) is 23.2 Å². The van der Waals surface area contributed by atoms with E-state index in [0.717, 1.165) is 92.5 Å². The van der Waals surface area contributed by atoms with E-state index < -0.39 is 83.9 Å². The van der Waals surface area contributed by atoms with Crippen LogP contribution in [0.3, 0.4) is 0 Å². The summed E-state index contributed by atoms with van der Waals surface area (Å²) in [4.78, 5) is 138. The molecular weight excluding hydrogens is 1720 g/mol. The molecule has 2 aliphatic carbocycles. The first kappa shape index (κ1) is 102. The number of hydrogen-bond donors (Lipinski definition) is 9. The van der Waals surface area contributed by atoms with E-state index >= 15 is 0 Å². The van der Waals surface area contributed by atoms with Gasteiger partial charge in [-0.2, -0.15) is 0 Å². The highest BCUT2D eigenvalue weighted by Crippen LogP contribution is 2.51. The Balaban J connectivity index is 0.000000177. The number of anilines is 1. The number of carbonyl (C=O) groups excluding carboxylic acids is 9. The summed E-state index contributed by atoms with van der Waals surface area (Å²) in [6.45, 7) is 25.5. The summed E-state index contributed by atoms with van der Waals surface area (Å²) < 4.78 is 69.6. The second-order valence-corrected chi connectivity index (χ2v) is 40.1. The number of nitrogens with one attached hydrogen (secondary N) is 7. The van der Waals surface area contributed by atoms with Gasteiger partial charge in [0.2, 0.25) is 53.2 Å². The van der Waals surface area contributed by atoms with Gasteiger partial charge in [0.1, 0.15) is 47.3 Å². The second-order valence-electron chi connectivity index (χ2n) is 40.1. The summed E-state index contributed by atoms with van der Waals surface area (Å²) >= 11 is 0. The Hall–Kier alpha value is -9.07. The SMILES string of the molecule is CCO[C@@H]1C[C@@H]2CN(C(=O)[C@@H](NC(=O)[C@H](C)CC)C3CCC(F)(F)CC3)[C@H](C(=O)N[C@@H]3CCOc4ccccc43)CN2C1.CC[C@@H](C)C(=O)N[C@H](C(=O)N1CC[C@H]2CCN(CCc3ccccc3)C[C@H]21)C1CCCCC1.CC[C@H](CC(=O)[C@H](C)NC)C(=O)N1C[C@@H](O)C[C@H]1CC1c2ccc(F)cc2NC1c1[nH]c2cc(F)ccc2c1C[C@@H]1C[C@H](O)CN1C(=O)[C@H](CC)NC(=O)[C@H](C)CC. The molecule has 1 aromatic heterocycles. The minimum absolute atomic E-state index is 0.00922. The molecule has 10 aliphatic rings. The number of para-hydroxylation sites is 1. The molecule has 0 spiro atoms. The van der Waals surface area contributed by atoms with Crippen molar-refractivity contribution in [3.8, 4) is 5.75 Å². The van der Waals surface area contributed by atoms with Crippen molar-refractivity contribution < 1.29 is 80.4 Å². The number of nitrogens with zero attached hydrogens (tertiary/aromatic N) is 6. The van der Waals surface area contributed by atoms with Gasteiger partial charge in [-0.3, -0.25) is 48.1 Å². The van der Waals surface area contributed by atoms with Crippen molar-refractivity contribution in [3.05, 3.63) is 131 Å². The number of likely N-dealkylation sites (N-methyl/N-ethyl adjacent to an activating group) is 1. The van der Waals surface area contributed by atoms with E-state index in [1.807, 2.05) is 79.7 Å². The first-order chi connectivity index (χ1) is 64.3. The average Bonchev–Trinajstić information content (AvgIpc) is 1.60. The van der Waals surface area contributed by atoms with Gasteiger partial charge < -0.3 is 81.1 Å². The molecule has 0 radical (unpaired) electrons. The van der Waals surface area contributed by atoms with Crippen LogP contribution in [-0.2, 0) is 60.7 Å². The van der Waals surface area contributed by atoms with Crippen LogP contribution in [0.5, 0.6) is 5.75 Å². The number of β-amino-alcohol motifs (C(OH)–C–C–N with tert-alkyl or cyclic N) is 2. The molecule has 736 valence electrons. The predicted octanol–water partition coefficient (Wildman–Crippen LogP) is 13.0. The van der Waals surface area contributed by atoms with Gasteiger partial charge in [-0.25, -0.2) is 17.6 Å². The number of ketones is 1. The molecule has 20 atom stereocenters. The average molecular weight is 1870 g/mol. The van der Waals surface area contributed by atoms with Gasteiger partial charge in [0.15, 0.2) is 0 Å². The normalized spacial score (nSPS) is 26.4. The van der Waals surface area contributed by atoms with Gasteiger partial charge >= 0.3 is 0 Å². The quantitative estimate of drug-likeness (QED) is 0.0176. The number of benzene rings is 4. The molecule has 8 amide bonds. The molecule has 9 heterocycles. The third-order valence-corrected chi connectivity index (χ3v) is 31.3. The van der Waals surface area contributed by atoms with Gasteiger partial charge in [-0.15, -0.1) is 0 Å². The highest BCUT2D eigenvalue weighted by molar-refractivity contribution is 5.95. The van der Waals surface area contributed by atoms with Crippen molar-refractivity contribution in [2.75, 3.05) is 84.5 Å². The summed E-state index contributed by atoms with van der Waals surface area (Å²) in [6, 6.07) is 22.8. The van der Waals surface area contributed by atoms with Gasteiger partial charge in [-0.05, 0) is 207 Å². The third kappa shape index (κ3) is 24.7. The molecule has 6 saturated heterocycles. The van der Waals surface area contributed by atoms with E-state index in [1.54, 1.807) is 47.7 Å². The predicted molar refractivity (Wildman–Crippen MR) is 507 cm³/mol. The monoisotopic (exact) mass is 1860 g/mol. The number of likely N-dealkylation sites (tertiary alicyclic amines) is 4. The number of fused-ring (bicyclic) bond motifs is 5. The van der Waals surface area contributed by atoms with Crippen LogP contribution in [0.15, 0.2) is 91.0 Å². The number of rotatable bonds is 33. The Labute approximate surface area is 789 Å². The third-order valence-electron chi connectivity index (χ3n) is 31.3. The van der Waals surface area contributed by atoms with Crippen LogP contribution in [0.25, 0.3) is 10.9 Å². The Bertz CT molecular complexity index is 4820. The fourth-order valence-corrected chi connectivity index (χ4v) is 22.4. The first-order valence-corrected chi connectivity index (χ1v) is 50.4. The number of aromatic amines is 1. The zero-order chi connectivity index (χ0) is 95.9. The van der Waals surface area contributed by atoms with Gasteiger partial charge in [0.05, 0.1) is 43.0 Å². The molecule has 9 N–H and O–H groups in total. The lowest BCUT2D eigenvalue weighted by Crippen LogP contribution is -2.66. The second kappa shape index (κ2) is 46.9. The van der Waals surface area contributed by atoms with E-state index in [-0.39, 0.29) is 152 Å². The van der Waals surface area contributed by atoms with E-state index in [1.165, 1.54) is 55.5 Å². The molecule has 0 bridgehead atoms. The fraction of sp³-hybridized carbons (Fsp3) is 0.663. The number of ether oxygens (including phenoxy) is 2. The summed E-state index contributed by atoms with van der Waals surface area (Å²) in [5, 5.41) is 41.4. The number of aliphatic hydroxyl groups excluding tert-OH is 2. The first-order valence-electron chi connectivity index (χ1n) is 50.4. The number of aromatic nitrogens is 1. The van der Waals surface area contributed by atoms with E-state index in [0.29, 0.717) is 119 Å². The molecule has 5 aromatic rings. The maximum atomic E-state index is 14.8. The Kier molecular flexibility index (Phi) is 35.8. The molecule has 26 nitrogen and oxygen atoms in total. The standard InChI is InChI=1S/C44H60F2N6O6.C32H46F2N4O5.C28H43N3O2/c1-7-23(4)42(56)50-36(9-3)44(58)52-22-31(54)18-29(52)20-35-33-13-11-27(46)16-38(33)49-41(35)40-34(32-12-10-26(45)15-37(32)48-40)19-28-17-30(53)21-51(28)43(57)25(8-2)14-39(55)24(5)47-6;1-4-20(3)29(39)36-28(21-10-13-32(33,34)14-11-21)31(41)38-17-22-16-23(42-5-2)18-37(22)19-26(38)30(40)35-25-12-15-43-27-9-7-6-8-24(25)27;1-3-21(2)27(32)29-26(24-12-8-5-9-13-24)28(33)31-19-16-23-15-18-30(20-25(23)31)17-14-22-10-6-4-7-11-22/h10-13,15-16,23-25,28-31,34,36,40,47-49,53-54H,7-9,14,17-22H2,1-6H3,(H,50,56);6-9,20-23,25-26,28H,4-5,10-19H2,1-3H3,(H,35,40)(H,36,39);4,6-7,10-11,21,23-26H,3,5,8-9,12-20H2,1-2H3,(H,29,32)/t23-,24+,25-,28+,29+,30+,31+,34?,36+,40?;20-,22-,23-,25-,26+,28+;21-,23-,25-,26+/m111/s1. The Morgan fingerprint density at radius 2 is 1.22 bits per heavy atom. The minimum atomic E-state index is -2.77. The number of piperazine rings is 1. The maximum absolute atomic E-state index is 14.8. The lowest BCUT2D eigenvalue weighted by molar-refractivity contribution is -0.150. The number of halogens is 4. The lowest BCUT2D eigenvalue weighted by atomic mass is 9.81. The fourth-order valence-electron chi connectivity index (χ4n) is 22.4. The minimum Gasteiger partial charge on any atom is -0.493 e. The summed E-state index contributed by atoms with van der Waals surface area (Å²) in [5.74, 6) is -5.32.